The van der Waals surface area contributed by atoms with E-state index in [9.17, 15) is 4.79 Å². The lowest BCUT2D eigenvalue weighted by molar-refractivity contribution is -0.134. The van der Waals surface area contributed by atoms with Crippen molar-refractivity contribution in [3.05, 3.63) is 64.9 Å². The molecule has 5 nitrogen and oxygen atoms in total. The maximum atomic E-state index is 12.7. The average molecular weight is 395 g/mol. The summed E-state index contributed by atoms with van der Waals surface area (Å²) in [6.07, 6.45) is 0. The Bertz CT molecular complexity index is 1070. The second-order valence-corrected chi connectivity index (χ2v) is 7.46. The molecule has 28 heavy (non-hydrogen) atoms. The second-order valence-electron chi connectivity index (χ2n) is 6.43. The molecule has 0 saturated carbocycles. The fourth-order valence-electron chi connectivity index (χ4n) is 3.12. The molecule has 2 heterocycles. The first-order chi connectivity index (χ1) is 13.7. The van der Waals surface area contributed by atoms with E-state index in [2.05, 4.69) is 0 Å². The van der Waals surface area contributed by atoms with Crippen LogP contribution >= 0.6 is 11.3 Å². The minimum absolute atomic E-state index is 0.0175. The molecule has 2 aromatic heterocycles. The third kappa shape index (κ3) is 4.03. The van der Waals surface area contributed by atoms with E-state index >= 15 is 0 Å². The van der Waals surface area contributed by atoms with Crippen LogP contribution in [0.15, 0.2) is 64.4 Å². The summed E-state index contributed by atoms with van der Waals surface area (Å²) in [5.74, 6) is 0.581. The van der Waals surface area contributed by atoms with E-state index in [0.29, 0.717) is 25.4 Å². The monoisotopic (exact) mass is 395 g/mol. The zero-order valence-corrected chi connectivity index (χ0v) is 16.4. The van der Waals surface area contributed by atoms with Gasteiger partial charge in [-0.25, -0.2) is 0 Å². The Labute approximate surface area is 167 Å². The number of ether oxygens (including phenoxy) is 2. The summed E-state index contributed by atoms with van der Waals surface area (Å²) in [6.45, 7) is 1.57. The van der Waals surface area contributed by atoms with Crippen molar-refractivity contribution in [2.24, 2.45) is 0 Å². The van der Waals surface area contributed by atoms with Crippen LogP contribution in [-0.4, -0.2) is 37.7 Å². The topological polar surface area (TPSA) is 51.9 Å². The summed E-state index contributed by atoms with van der Waals surface area (Å²) in [6, 6.07) is 17.5. The maximum Gasteiger partial charge on any atom is 0.260 e. The van der Waals surface area contributed by atoms with E-state index < -0.39 is 0 Å². The number of amides is 1. The van der Waals surface area contributed by atoms with E-state index in [4.69, 9.17) is 13.9 Å². The van der Waals surface area contributed by atoms with Crippen molar-refractivity contribution >= 4 is 39.2 Å². The Morgan fingerprint density at radius 2 is 1.93 bits per heavy atom. The highest BCUT2D eigenvalue weighted by atomic mass is 32.1. The highest BCUT2D eigenvalue weighted by Gasteiger charge is 2.16. The molecule has 0 aliphatic rings. The van der Waals surface area contributed by atoms with E-state index in [1.54, 1.807) is 23.3 Å². The zero-order chi connectivity index (χ0) is 19.3. The van der Waals surface area contributed by atoms with E-state index in [-0.39, 0.29) is 12.5 Å². The van der Waals surface area contributed by atoms with E-state index in [1.165, 1.54) is 0 Å². The van der Waals surface area contributed by atoms with Crippen molar-refractivity contribution < 1.29 is 18.7 Å². The fourth-order valence-corrected chi connectivity index (χ4v) is 3.83. The molecule has 6 heteroatoms. The van der Waals surface area contributed by atoms with Crippen LogP contribution in [0.2, 0.25) is 0 Å². The van der Waals surface area contributed by atoms with Gasteiger partial charge in [0, 0.05) is 29.3 Å². The van der Waals surface area contributed by atoms with Crippen LogP contribution in [0.4, 0.5) is 0 Å². The van der Waals surface area contributed by atoms with Crippen LogP contribution in [0.1, 0.15) is 4.88 Å². The number of hydrogen-bond acceptors (Lipinski definition) is 5. The van der Waals surface area contributed by atoms with Crippen molar-refractivity contribution in [2.45, 2.75) is 6.54 Å². The Morgan fingerprint density at radius 3 is 2.75 bits per heavy atom. The second kappa shape index (κ2) is 8.46. The summed E-state index contributed by atoms with van der Waals surface area (Å²) >= 11 is 1.63. The minimum atomic E-state index is -0.0670. The number of carbonyl (C=O) groups excluding carboxylic acids is 1. The largest absolute Gasteiger partial charge is 0.484 e. The standard InChI is InChI=1S/C22H21NO4S/c1-25-11-10-23(14-17-5-4-12-28-17)22(24)15-26-16-8-9-21-19(13-16)18-6-2-3-7-20(18)27-21/h2-9,12-13H,10-11,14-15H2,1H3. The van der Waals surface area contributed by atoms with Gasteiger partial charge in [0.2, 0.25) is 0 Å². The van der Waals surface area contributed by atoms with Crippen molar-refractivity contribution in [1.82, 2.24) is 4.90 Å². The number of benzene rings is 2. The Morgan fingerprint density at radius 1 is 1.07 bits per heavy atom. The third-order valence-electron chi connectivity index (χ3n) is 4.56. The molecule has 0 aliphatic carbocycles. The first-order valence-electron chi connectivity index (χ1n) is 9.08. The molecule has 0 N–H and O–H groups in total. The minimum Gasteiger partial charge on any atom is -0.484 e. The van der Waals surface area contributed by atoms with Gasteiger partial charge in [-0.05, 0) is 35.7 Å². The van der Waals surface area contributed by atoms with Crippen molar-refractivity contribution in [1.29, 1.82) is 0 Å². The Balaban J connectivity index is 1.47. The quantitative estimate of drug-likeness (QED) is 0.434. The number of methoxy groups -OCH3 is 1. The number of carbonyl (C=O) groups is 1. The molecule has 0 atom stereocenters. The first-order valence-corrected chi connectivity index (χ1v) is 9.96. The van der Waals surface area contributed by atoms with Crippen LogP contribution in [0.5, 0.6) is 5.75 Å². The molecule has 4 rings (SSSR count). The molecule has 0 radical (unpaired) electrons. The molecule has 4 aromatic rings. The van der Waals surface area contributed by atoms with Crippen molar-refractivity contribution in [2.75, 3.05) is 26.9 Å². The molecule has 2 aromatic carbocycles. The molecular weight excluding hydrogens is 374 g/mol. The smallest absolute Gasteiger partial charge is 0.260 e. The number of fused-ring (bicyclic) bond motifs is 3. The van der Waals surface area contributed by atoms with E-state index in [0.717, 1.165) is 26.8 Å². The van der Waals surface area contributed by atoms with Crippen LogP contribution in [0.25, 0.3) is 21.9 Å². The number of rotatable bonds is 8. The van der Waals surface area contributed by atoms with Gasteiger partial charge in [-0.1, -0.05) is 24.3 Å². The van der Waals surface area contributed by atoms with Gasteiger partial charge in [0.15, 0.2) is 6.61 Å². The molecule has 1 amide bonds. The Hall–Kier alpha value is -2.83. The number of furan rings is 1. The van der Waals surface area contributed by atoms with Crippen molar-refractivity contribution in [3.63, 3.8) is 0 Å². The van der Waals surface area contributed by atoms with Gasteiger partial charge in [-0.15, -0.1) is 11.3 Å². The summed E-state index contributed by atoms with van der Waals surface area (Å²) < 4.78 is 16.8. The van der Waals surface area contributed by atoms with Gasteiger partial charge < -0.3 is 18.8 Å². The normalized spacial score (nSPS) is 11.2. The van der Waals surface area contributed by atoms with Crippen molar-refractivity contribution in [3.8, 4) is 5.75 Å². The molecular formula is C22H21NO4S. The lowest BCUT2D eigenvalue weighted by Gasteiger charge is -2.22. The number of para-hydroxylation sites is 1. The van der Waals surface area contributed by atoms with Gasteiger partial charge in [0.05, 0.1) is 13.2 Å². The fraction of sp³-hybridized carbons (Fsp3) is 0.227. The highest BCUT2D eigenvalue weighted by Crippen LogP contribution is 2.31. The molecule has 0 spiro atoms. The summed E-state index contributed by atoms with van der Waals surface area (Å²) in [4.78, 5) is 15.6. The lowest BCUT2D eigenvalue weighted by atomic mass is 10.1. The predicted molar refractivity (Wildman–Crippen MR) is 111 cm³/mol. The number of thiophene rings is 1. The SMILES string of the molecule is COCCN(Cc1cccs1)C(=O)COc1ccc2oc3ccccc3c2c1. The van der Waals surface area contributed by atoms with Crippen LogP contribution in [0, 0.1) is 0 Å². The van der Waals surface area contributed by atoms with E-state index in [1.807, 2.05) is 60.0 Å². The van der Waals surface area contributed by atoms with Gasteiger partial charge in [-0.3, -0.25) is 4.79 Å². The van der Waals surface area contributed by atoms with Crippen LogP contribution in [0.3, 0.4) is 0 Å². The predicted octanol–water partition coefficient (Wildman–Crippen LogP) is 4.70. The van der Waals surface area contributed by atoms with Crippen LogP contribution in [-0.2, 0) is 16.1 Å². The summed E-state index contributed by atoms with van der Waals surface area (Å²) in [5.41, 5.74) is 1.65. The summed E-state index contributed by atoms with van der Waals surface area (Å²) in [7, 11) is 1.63. The average Bonchev–Trinajstić information content (AvgIpc) is 3.36. The zero-order valence-electron chi connectivity index (χ0n) is 15.6. The van der Waals surface area contributed by atoms with Gasteiger partial charge in [0.25, 0.3) is 5.91 Å². The molecule has 0 fully saturated rings. The van der Waals surface area contributed by atoms with Gasteiger partial charge in [0.1, 0.15) is 16.9 Å². The molecule has 0 aliphatic heterocycles. The maximum absolute atomic E-state index is 12.7. The third-order valence-corrected chi connectivity index (χ3v) is 5.42. The highest BCUT2D eigenvalue weighted by molar-refractivity contribution is 7.09. The molecule has 0 unspecified atom stereocenters. The van der Waals surface area contributed by atoms with Gasteiger partial charge >= 0.3 is 0 Å². The Kier molecular flexibility index (Phi) is 5.60. The lowest BCUT2D eigenvalue weighted by Crippen LogP contribution is -2.36. The van der Waals surface area contributed by atoms with Gasteiger partial charge in [-0.2, -0.15) is 0 Å². The van der Waals surface area contributed by atoms with Crippen LogP contribution < -0.4 is 4.74 Å². The molecule has 144 valence electrons. The molecule has 0 bridgehead atoms. The number of nitrogens with zero attached hydrogens (tertiary/aromatic N) is 1. The molecule has 0 saturated heterocycles. The first kappa shape index (κ1) is 18.5. The summed E-state index contributed by atoms with van der Waals surface area (Å²) in [5, 5.41) is 4.03. The number of hydrogen-bond donors (Lipinski definition) is 0.